The lowest BCUT2D eigenvalue weighted by molar-refractivity contribution is -0.325. The van der Waals surface area contributed by atoms with E-state index in [1.807, 2.05) is 25.1 Å². The number of ether oxygens (including phenoxy) is 5. The van der Waals surface area contributed by atoms with Crippen molar-refractivity contribution >= 4 is 5.91 Å². The van der Waals surface area contributed by atoms with Gasteiger partial charge in [0.15, 0.2) is 11.5 Å². The van der Waals surface area contributed by atoms with Crippen LogP contribution in [0.3, 0.4) is 0 Å². The van der Waals surface area contributed by atoms with Crippen molar-refractivity contribution in [1.82, 2.24) is 9.88 Å². The van der Waals surface area contributed by atoms with Gasteiger partial charge in [-0.3, -0.25) is 14.5 Å². The van der Waals surface area contributed by atoms with Crippen LogP contribution in [0, 0.1) is 6.92 Å². The summed E-state index contributed by atoms with van der Waals surface area (Å²) in [6, 6.07) is 10.3. The average Bonchev–Trinajstić information content (AvgIpc) is 3.25. The largest absolute Gasteiger partial charge is 0.522 e. The van der Waals surface area contributed by atoms with Gasteiger partial charge in [-0.05, 0) is 37.3 Å². The van der Waals surface area contributed by atoms with Crippen molar-refractivity contribution in [3.63, 3.8) is 0 Å². The fourth-order valence-corrected chi connectivity index (χ4v) is 4.22. The molecule has 1 aromatic heterocycles. The van der Waals surface area contributed by atoms with Gasteiger partial charge < -0.3 is 23.8 Å². The maximum absolute atomic E-state index is 13.2. The molecule has 0 saturated carbocycles. The average molecular weight is 482 g/mol. The molecule has 4 rings (SSSR count). The number of aryl methyl sites for hydroxylation is 1. The van der Waals surface area contributed by atoms with Crippen molar-refractivity contribution in [1.29, 1.82) is 0 Å². The van der Waals surface area contributed by atoms with Gasteiger partial charge in [-0.15, -0.1) is 13.2 Å². The van der Waals surface area contributed by atoms with Crippen molar-refractivity contribution in [2.75, 3.05) is 40.2 Å². The van der Waals surface area contributed by atoms with Crippen LogP contribution in [0.25, 0.3) is 0 Å². The number of aromatic nitrogens is 1. The van der Waals surface area contributed by atoms with E-state index in [0.29, 0.717) is 25.1 Å². The maximum Gasteiger partial charge on any atom is 0.522 e. The molecule has 2 fully saturated rings. The zero-order valence-electron chi connectivity index (χ0n) is 18.8. The summed E-state index contributed by atoms with van der Waals surface area (Å²) in [7, 11) is 1.39. The van der Waals surface area contributed by atoms with Gasteiger partial charge in [0.25, 0.3) is 5.91 Å². The van der Waals surface area contributed by atoms with E-state index in [1.54, 1.807) is 11.0 Å². The summed E-state index contributed by atoms with van der Waals surface area (Å²) < 4.78 is 62.4. The van der Waals surface area contributed by atoms with Crippen LogP contribution in [0.2, 0.25) is 0 Å². The number of amides is 1. The van der Waals surface area contributed by atoms with Gasteiger partial charge in [0, 0.05) is 24.2 Å². The lowest BCUT2D eigenvalue weighted by Gasteiger charge is -2.41. The van der Waals surface area contributed by atoms with E-state index in [9.17, 15) is 18.0 Å². The first-order valence-electron chi connectivity index (χ1n) is 10.7. The molecule has 1 aromatic carbocycles. The second kappa shape index (κ2) is 9.77. The number of alkyl halides is 3. The number of carbonyl (C=O) groups is 1. The van der Waals surface area contributed by atoms with Crippen molar-refractivity contribution in [3.05, 3.63) is 53.3 Å². The minimum atomic E-state index is -4.72. The quantitative estimate of drug-likeness (QED) is 0.560. The van der Waals surface area contributed by atoms with Crippen LogP contribution in [-0.2, 0) is 19.8 Å². The van der Waals surface area contributed by atoms with Crippen molar-refractivity contribution in [2.45, 2.75) is 31.4 Å². The first-order chi connectivity index (χ1) is 16.2. The van der Waals surface area contributed by atoms with Gasteiger partial charge in [-0.25, -0.2) is 0 Å². The summed E-state index contributed by atoms with van der Waals surface area (Å²) >= 11 is 0. The predicted octanol–water partition coefficient (Wildman–Crippen LogP) is 3.43. The lowest BCUT2D eigenvalue weighted by atomic mass is 9.84. The summed E-state index contributed by atoms with van der Waals surface area (Å²) in [6.45, 7) is 1.80. The van der Waals surface area contributed by atoms with Crippen LogP contribution in [0.5, 0.6) is 11.5 Å². The minimum Gasteiger partial charge on any atom is -0.493 e. The van der Waals surface area contributed by atoms with E-state index in [1.165, 1.54) is 19.2 Å². The smallest absolute Gasteiger partial charge is 0.493 e. The fourth-order valence-electron chi connectivity index (χ4n) is 4.22. The monoisotopic (exact) mass is 482 g/mol. The van der Waals surface area contributed by atoms with E-state index in [2.05, 4.69) is 9.72 Å². The molecular formula is C23H25F3N2O6. The Hall–Kier alpha value is -2.89. The summed E-state index contributed by atoms with van der Waals surface area (Å²) in [5, 5.41) is 0. The Balaban J connectivity index is 1.43. The van der Waals surface area contributed by atoms with Crippen LogP contribution >= 0.6 is 0 Å². The number of piperidine rings is 1. The van der Waals surface area contributed by atoms with E-state index in [0.717, 1.165) is 11.4 Å². The van der Waals surface area contributed by atoms with E-state index >= 15 is 0 Å². The third-order valence-electron chi connectivity index (χ3n) is 5.87. The molecule has 0 spiro atoms. The Morgan fingerprint density at radius 2 is 2.06 bits per heavy atom. The molecule has 1 unspecified atom stereocenters. The van der Waals surface area contributed by atoms with Gasteiger partial charge >= 0.3 is 6.36 Å². The van der Waals surface area contributed by atoms with Gasteiger partial charge in [0.05, 0.1) is 26.0 Å². The minimum absolute atomic E-state index is 0.125. The van der Waals surface area contributed by atoms with Crippen molar-refractivity contribution < 1.29 is 41.7 Å². The molecule has 34 heavy (non-hydrogen) atoms. The second-order valence-electron chi connectivity index (χ2n) is 7.98. The molecule has 2 aliphatic rings. The number of fused-ring (bicyclic) bond motifs is 1. The van der Waals surface area contributed by atoms with Crippen LogP contribution < -0.4 is 9.47 Å². The van der Waals surface area contributed by atoms with Gasteiger partial charge in [-0.2, -0.15) is 0 Å². The third kappa shape index (κ3) is 5.11. The van der Waals surface area contributed by atoms with Gasteiger partial charge in [0.1, 0.15) is 25.1 Å². The summed E-state index contributed by atoms with van der Waals surface area (Å²) in [5.41, 5.74) is 1.33. The third-order valence-corrected chi connectivity index (χ3v) is 5.87. The molecule has 2 aliphatic heterocycles. The Morgan fingerprint density at radius 1 is 1.24 bits per heavy atom. The topological polar surface area (TPSA) is 79.4 Å². The molecule has 8 nitrogen and oxygen atoms in total. The highest BCUT2D eigenvalue weighted by Gasteiger charge is 2.52. The first-order valence-corrected chi connectivity index (χ1v) is 10.7. The molecule has 0 bridgehead atoms. The highest BCUT2D eigenvalue weighted by Crippen LogP contribution is 2.42. The van der Waals surface area contributed by atoms with Crippen LogP contribution in [0.15, 0.2) is 36.4 Å². The normalized spacial score (nSPS) is 22.4. The Morgan fingerprint density at radius 3 is 2.79 bits per heavy atom. The molecular weight excluding hydrogens is 457 g/mol. The van der Waals surface area contributed by atoms with E-state index in [-0.39, 0.29) is 36.9 Å². The Bertz CT molecular complexity index is 1030. The molecule has 0 N–H and O–H groups in total. The zero-order valence-corrected chi connectivity index (χ0v) is 18.8. The molecule has 1 amide bonds. The molecule has 0 radical (unpaired) electrons. The molecule has 2 atom stereocenters. The first kappa shape index (κ1) is 24.2. The zero-order chi connectivity index (χ0) is 24.3. The summed E-state index contributed by atoms with van der Waals surface area (Å²) in [6.07, 6.45) is -4.56. The van der Waals surface area contributed by atoms with E-state index < -0.39 is 18.6 Å². The van der Waals surface area contributed by atoms with Crippen LogP contribution in [0.4, 0.5) is 13.2 Å². The number of halogens is 3. The van der Waals surface area contributed by atoms with Gasteiger partial charge in [-0.1, -0.05) is 6.07 Å². The van der Waals surface area contributed by atoms with Crippen LogP contribution in [0.1, 0.15) is 28.2 Å². The predicted molar refractivity (Wildman–Crippen MR) is 112 cm³/mol. The summed E-state index contributed by atoms with van der Waals surface area (Å²) in [5.74, 6) is 0.209. The highest BCUT2D eigenvalue weighted by molar-refractivity contribution is 5.95. The fraction of sp³-hybridized carbons (Fsp3) is 0.478. The number of likely N-dealkylation sites (tertiary alicyclic amines) is 1. The number of hydrogen-bond donors (Lipinski definition) is 0. The number of benzene rings is 1. The molecule has 2 saturated heterocycles. The molecule has 2 aromatic rings. The SMILES string of the molecule is COc1cc(C(=O)N2CC[C@]3(c4cccc(C)n4)OCOC3C2)ccc1OCCOC(F)(F)F. The maximum atomic E-state index is 13.2. The number of methoxy groups -OCH3 is 1. The number of nitrogens with zero attached hydrogens (tertiary/aromatic N) is 2. The number of hydrogen-bond acceptors (Lipinski definition) is 7. The van der Waals surface area contributed by atoms with Gasteiger partial charge in [0.2, 0.25) is 0 Å². The lowest BCUT2D eigenvalue weighted by Crippen LogP contribution is -2.53. The Kier molecular flexibility index (Phi) is 6.96. The standard InChI is InChI=1S/C23H25F3N2O6/c1-15-4-3-5-19(27-15)22-8-9-28(13-20(22)32-14-34-22)21(29)16-6-7-17(18(12-16)30-2)31-10-11-33-23(24,25)26/h3-7,12,20H,8-11,13-14H2,1-2H3/t20?,22-/m1/s1. The summed E-state index contributed by atoms with van der Waals surface area (Å²) in [4.78, 5) is 19.5. The molecule has 0 aliphatic carbocycles. The van der Waals surface area contributed by atoms with E-state index in [4.69, 9.17) is 18.9 Å². The number of pyridine rings is 1. The molecule has 184 valence electrons. The molecule has 11 heteroatoms. The van der Waals surface area contributed by atoms with Crippen molar-refractivity contribution in [2.24, 2.45) is 0 Å². The Labute approximate surface area is 194 Å². The molecule has 3 heterocycles. The number of rotatable bonds is 7. The van der Waals surface area contributed by atoms with Crippen LogP contribution in [-0.4, -0.2) is 68.5 Å². The second-order valence-corrected chi connectivity index (χ2v) is 7.98. The highest BCUT2D eigenvalue weighted by atomic mass is 19.4. The van der Waals surface area contributed by atoms with Crippen molar-refractivity contribution in [3.8, 4) is 11.5 Å². The number of carbonyl (C=O) groups excluding carboxylic acids is 1.